The van der Waals surface area contributed by atoms with E-state index in [0.717, 1.165) is 0 Å². The molecule has 0 radical (unpaired) electrons. The number of carbonyl (C=O) groups excluding carboxylic acids is 2. The molecule has 2 rings (SSSR count). The van der Waals surface area contributed by atoms with E-state index >= 15 is 0 Å². The van der Waals surface area contributed by atoms with E-state index in [0.29, 0.717) is 10.1 Å². The van der Waals surface area contributed by atoms with Crippen LogP contribution in [0.15, 0.2) is 22.2 Å². The van der Waals surface area contributed by atoms with Gasteiger partial charge in [0.1, 0.15) is 0 Å². The summed E-state index contributed by atoms with van der Waals surface area (Å²) in [7, 11) is 2.62. The minimum absolute atomic E-state index is 0.258. The number of fused-ring (bicyclic) bond motifs is 2. The second-order valence-electron chi connectivity index (χ2n) is 3.41. The zero-order valence-corrected chi connectivity index (χ0v) is 10.4. The Morgan fingerprint density at radius 3 is 2.44 bits per heavy atom. The number of amides is 1. The van der Waals surface area contributed by atoms with Crippen LogP contribution in [-0.2, 0) is 14.3 Å². The molecule has 0 aromatic carbocycles. The van der Waals surface area contributed by atoms with Gasteiger partial charge in [-0.05, 0) is 0 Å². The van der Waals surface area contributed by atoms with Crippen molar-refractivity contribution in [2.24, 2.45) is 0 Å². The summed E-state index contributed by atoms with van der Waals surface area (Å²) in [6, 6.07) is -0.647. The molecule has 2 aliphatic heterocycles. The molecule has 0 fully saturated rings. The van der Waals surface area contributed by atoms with Gasteiger partial charge in [0.05, 0.1) is 31.9 Å². The summed E-state index contributed by atoms with van der Waals surface area (Å²) in [4.78, 5) is 24.6. The number of halogens is 1. The smallest absolute Gasteiger partial charge is 0.411 e. The van der Waals surface area contributed by atoms with Crippen LogP contribution in [-0.4, -0.2) is 43.3 Å². The standard InChI is InChI=1S/C10H10BrNO4/c1-15-9(13)7-5-3-4-6(8(7)11)12(5)10(14)16-2/h3-6H,1-2H3. The Hall–Kier alpha value is -1.30. The summed E-state index contributed by atoms with van der Waals surface area (Å²) >= 11 is 3.32. The molecule has 0 spiro atoms. The maximum absolute atomic E-state index is 11.5. The summed E-state index contributed by atoms with van der Waals surface area (Å²) < 4.78 is 10.0. The highest BCUT2D eigenvalue weighted by Crippen LogP contribution is 2.41. The molecule has 6 heteroatoms. The number of ether oxygens (including phenoxy) is 2. The average Bonchev–Trinajstić information content (AvgIpc) is 2.82. The van der Waals surface area contributed by atoms with E-state index < -0.39 is 12.1 Å². The number of carbonyl (C=O) groups is 2. The van der Waals surface area contributed by atoms with E-state index in [1.165, 1.54) is 19.1 Å². The van der Waals surface area contributed by atoms with Crippen LogP contribution in [0.2, 0.25) is 0 Å². The number of methoxy groups -OCH3 is 2. The van der Waals surface area contributed by atoms with E-state index in [1.54, 1.807) is 6.08 Å². The molecule has 5 nitrogen and oxygen atoms in total. The van der Waals surface area contributed by atoms with Crippen molar-refractivity contribution in [3.63, 3.8) is 0 Å². The third-order valence-electron chi connectivity index (χ3n) is 2.68. The largest absolute Gasteiger partial charge is 0.466 e. The van der Waals surface area contributed by atoms with Crippen LogP contribution in [0, 0.1) is 0 Å². The molecule has 86 valence electrons. The van der Waals surface area contributed by atoms with Crippen molar-refractivity contribution < 1.29 is 19.1 Å². The molecule has 0 aromatic heterocycles. The lowest BCUT2D eigenvalue weighted by Gasteiger charge is -2.21. The second kappa shape index (κ2) is 3.93. The Morgan fingerprint density at radius 1 is 1.25 bits per heavy atom. The van der Waals surface area contributed by atoms with Gasteiger partial charge in [-0.25, -0.2) is 9.59 Å². The van der Waals surface area contributed by atoms with E-state index in [1.807, 2.05) is 6.08 Å². The number of esters is 1. The predicted molar refractivity (Wildman–Crippen MR) is 58.9 cm³/mol. The van der Waals surface area contributed by atoms with Gasteiger partial charge in [-0.2, -0.15) is 0 Å². The molecule has 2 atom stereocenters. The molecule has 0 saturated carbocycles. The number of hydrogen-bond acceptors (Lipinski definition) is 4. The van der Waals surface area contributed by atoms with Crippen molar-refractivity contribution in [1.82, 2.24) is 4.90 Å². The fourth-order valence-corrected chi connectivity index (χ4v) is 2.74. The third kappa shape index (κ3) is 1.36. The minimum atomic E-state index is -0.462. The zero-order valence-electron chi connectivity index (χ0n) is 8.77. The van der Waals surface area contributed by atoms with E-state index in [4.69, 9.17) is 0 Å². The number of rotatable bonds is 1. The van der Waals surface area contributed by atoms with Crippen LogP contribution in [0.4, 0.5) is 4.79 Å². The first kappa shape index (κ1) is 11.2. The molecule has 0 saturated heterocycles. The Morgan fingerprint density at radius 2 is 1.88 bits per heavy atom. The molecule has 16 heavy (non-hydrogen) atoms. The fraction of sp³-hybridized carbons (Fsp3) is 0.400. The summed E-state index contributed by atoms with van der Waals surface area (Å²) in [6.07, 6.45) is 3.17. The molecule has 0 aromatic rings. The van der Waals surface area contributed by atoms with Gasteiger partial charge in [-0.3, -0.25) is 4.90 Å². The van der Waals surface area contributed by atoms with Crippen molar-refractivity contribution in [3.8, 4) is 0 Å². The normalized spacial score (nSPS) is 26.3. The van der Waals surface area contributed by atoms with Gasteiger partial charge < -0.3 is 9.47 Å². The lowest BCUT2D eigenvalue weighted by Crippen LogP contribution is -2.38. The summed E-state index contributed by atoms with van der Waals surface area (Å²) in [5, 5.41) is 0. The van der Waals surface area contributed by atoms with Gasteiger partial charge >= 0.3 is 12.1 Å². The second-order valence-corrected chi connectivity index (χ2v) is 4.26. The fourth-order valence-electron chi connectivity index (χ4n) is 1.97. The molecular weight excluding hydrogens is 278 g/mol. The van der Waals surface area contributed by atoms with Crippen molar-refractivity contribution in [2.75, 3.05) is 14.2 Å². The molecule has 2 heterocycles. The van der Waals surface area contributed by atoms with E-state index in [9.17, 15) is 9.59 Å². The Balaban J connectivity index is 2.32. The number of nitrogens with zero attached hydrogens (tertiary/aromatic N) is 1. The minimum Gasteiger partial charge on any atom is -0.466 e. The van der Waals surface area contributed by atoms with Gasteiger partial charge in [0.15, 0.2) is 0 Å². The summed E-state index contributed by atoms with van der Waals surface area (Å²) in [6.45, 7) is 0. The van der Waals surface area contributed by atoms with Gasteiger partial charge in [0, 0.05) is 4.48 Å². The van der Waals surface area contributed by atoms with Crippen molar-refractivity contribution >= 4 is 28.0 Å². The molecule has 2 unspecified atom stereocenters. The molecule has 0 aliphatic carbocycles. The first-order chi connectivity index (χ1) is 7.61. The topological polar surface area (TPSA) is 55.8 Å². The zero-order chi connectivity index (χ0) is 11.9. The Labute approximate surface area is 101 Å². The van der Waals surface area contributed by atoms with Crippen LogP contribution in [0.25, 0.3) is 0 Å². The first-order valence-electron chi connectivity index (χ1n) is 4.64. The molecule has 1 amide bonds. The van der Waals surface area contributed by atoms with Crippen molar-refractivity contribution in [3.05, 3.63) is 22.2 Å². The lowest BCUT2D eigenvalue weighted by atomic mass is 10.1. The Kier molecular flexibility index (Phi) is 2.75. The first-order valence-corrected chi connectivity index (χ1v) is 5.43. The van der Waals surface area contributed by atoms with E-state index in [2.05, 4.69) is 25.4 Å². The molecular formula is C10H10BrNO4. The Bertz CT molecular complexity index is 415. The maximum atomic E-state index is 11.5. The SMILES string of the molecule is COC(=O)C1=C(Br)C2C=CC1N2C(=O)OC. The lowest BCUT2D eigenvalue weighted by molar-refractivity contribution is -0.136. The third-order valence-corrected chi connectivity index (χ3v) is 3.57. The van der Waals surface area contributed by atoms with Crippen LogP contribution in [0.5, 0.6) is 0 Å². The molecule has 2 bridgehead atoms. The average molecular weight is 288 g/mol. The molecule has 2 aliphatic rings. The van der Waals surface area contributed by atoms with Crippen LogP contribution in [0.1, 0.15) is 0 Å². The van der Waals surface area contributed by atoms with Gasteiger partial charge in [-0.1, -0.05) is 28.1 Å². The van der Waals surface area contributed by atoms with Gasteiger partial charge in [0.2, 0.25) is 0 Å². The number of hydrogen-bond donors (Lipinski definition) is 0. The van der Waals surface area contributed by atoms with Crippen LogP contribution < -0.4 is 0 Å². The van der Waals surface area contributed by atoms with Crippen LogP contribution >= 0.6 is 15.9 Å². The maximum Gasteiger partial charge on any atom is 0.411 e. The summed E-state index contributed by atoms with van der Waals surface area (Å²) in [5.74, 6) is -0.433. The van der Waals surface area contributed by atoms with Crippen LogP contribution in [0.3, 0.4) is 0 Å². The van der Waals surface area contributed by atoms with Crippen molar-refractivity contribution in [1.29, 1.82) is 0 Å². The highest BCUT2D eigenvalue weighted by atomic mass is 79.9. The van der Waals surface area contributed by atoms with Crippen molar-refractivity contribution in [2.45, 2.75) is 12.1 Å². The van der Waals surface area contributed by atoms with E-state index in [-0.39, 0.29) is 12.1 Å². The highest BCUT2D eigenvalue weighted by Gasteiger charge is 2.47. The quantitative estimate of drug-likeness (QED) is 0.537. The summed E-state index contributed by atoms with van der Waals surface area (Å²) in [5.41, 5.74) is 0.459. The monoisotopic (exact) mass is 287 g/mol. The highest BCUT2D eigenvalue weighted by molar-refractivity contribution is 9.11. The predicted octanol–water partition coefficient (Wildman–Crippen LogP) is 1.20. The molecule has 0 N–H and O–H groups in total. The van der Waals surface area contributed by atoms with Gasteiger partial charge in [-0.15, -0.1) is 0 Å². The van der Waals surface area contributed by atoms with Gasteiger partial charge in [0.25, 0.3) is 0 Å².